The van der Waals surface area contributed by atoms with Gasteiger partial charge in [0.25, 0.3) is 11.8 Å². The Labute approximate surface area is 160 Å². The molecule has 8 heteroatoms. The van der Waals surface area contributed by atoms with Crippen molar-refractivity contribution in [2.24, 2.45) is 0 Å². The number of rotatable bonds is 4. The predicted octanol–water partition coefficient (Wildman–Crippen LogP) is 3.01. The second-order valence-electron chi connectivity index (χ2n) is 6.14. The molecule has 2 aliphatic heterocycles. The first kappa shape index (κ1) is 17.7. The van der Waals surface area contributed by atoms with E-state index in [9.17, 15) is 9.59 Å². The van der Waals surface area contributed by atoms with Crippen molar-refractivity contribution in [3.8, 4) is 0 Å². The molecule has 2 aliphatic rings. The molecule has 0 spiro atoms. The first-order valence-corrected chi connectivity index (χ1v) is 9.06. The Morgan fingerprint density at radius 3 is 2.62 bits per heavy atom. The van der Waals surface area contributed by atoms with Crippen molar-refractivity contribution in [1.82, 2.24) is 9.96 Å². The quantitative estimate of drug-likeness (QED) is 0.745. The standard InChI is InChI=1S/C18H16Cl2N2O4/c19-13-3-1-2-11-15-12(10-14(20)16(11)13)17(23)22(18(15)24)26-9-6-21-4-7-25-8-5-21/h1-3,10H,4-9H2. The molecule has 1 fully saturated rings. The van der Waals surface area contributed by atoms with Gasteiger partial charge in [-0.05, 0) is 17.5 Å². The smallest absolute Gasteiger partial charge is 0.286 e. The molecule has 1 saturated heterocycles. The van der Waals surface area contributed by atoms with E-state index in [1.807, 2.05) is 0 Å². The minimum atomic E-state index is -0.504. The predicted molar refractivity (Wildman–Crippen MR) is 97.7 cm³/mol. The first-order valence-electron chi connectivity index (χ1n) is 8.30. The van der Waals surface area contributed by atoms with Crippen LogP contribution in [-0.2, 0) is 9.57 Å². The fraction of sp³-hybridized carbons (Fsp3) is 0.333. The van der Waals surface area contributed by atoms with Crippen molar-refractivity contribution in [3.63, 3.8) is 0 Å². The lowest BCUT2D eigenvalue weighted by Gasteiger charge is -2.26. The van der Waals surface area contributed by atoms with Crippen LogP contribution in [0.5, 0.6) is 0 Å². The minimum absolute atomic E-state index is 0.234. The molecule has 0 saturated carbocycles. The lowest BCUT2D eigenvalue weighted by Crippen LogP contribution is -2.40. The van der Waals surface area contributed by atoms with Crippen LogP contribution >= 0.6 is 23.2 Å². The molecule has 0 aliphatic carbocycles. The number of hydrogen-bond acceptors (Lipinski definition) is 5. The number of carbonyl (C=O) groups is 2. The molecule has 2 amide bonds. The van der Waals surface area contributed by atoms with Crippen molar-refractivity contribution in [3.05, 3.63) is 45.4 Å². The maximum Gasteiger partial charge on any atom is 0.286 e. The Morgan fingerprint density at radius 1 is 1.08 bits per heavy atom. The zero-order chi connectivity index (χ0) is 18.3. The largest absolute Gasteiger partial charge is 0.379 e. The number of carbonyl (C=O) groups excluding carboxylic acids is 2. The number of hydrogen-bond donors (Lipinski definition) is 0. The number of benzene rings is 2. The summed E-state index contributed by atoms with van der Waals surface area (Å²) in [6.45, 7) is 3.83. The topological polar surface area (TPSA) is 59.1 Å². The van der Waals surface area contributed by atoms with Gasteiger partial charge >= 0.3 is 0 Å². The fourth-order valence-electron chi connectivity index (χ4n) is 3.30. The maximum absolute atomic E-state index is 12.8. The van der Waals surface area contributed by atoms with Gasteiger partial charge in [-0.3, -0.25) is 19.3 Å². The third-order valence-electron chi connectivity index (χ3n) is 4.61. The van der Waals surface area contributed by atoms with Crippen LogP contribution in [0.2, 0.25) is 10.0 Å². The Balaban J connectivity index is 1.58. The average molecular weight is 395 g/mol. The lowest BCUT2D eigenvalue weighted by atomic mass is 10.0. The SMILES string of the molecule is O=C1c2cc(Cl)c3c(Cl)cccc3c2C(=O)N1OCCN1CCOCC1. The summed E-state index contributed by atoms with van der Waals surface area (Å²) < 4.78 is 5.29. The number of hydroxylamine groups is 2. The molecule has 2 aromatic carbocycles. The molecule has 26 heavy (non-hydrogen) atoms. The van der Waals surface area contributed by atoms with E-state index in [1.165, 1.54) is 6.07 Å². The summed E-state index contributed by atoms with van der Waals surface area (Å²) >= 11 is 12.5. The molecule has 0 atom stereocenters. The van der Waals surface area contributed by atoms with Crippen LogP contribution in [0, 0.1) is 0 Å². The Bertz CT molecular complexity index is 896. The molecule has 136 valence electrons. The van der Waals surface area contributed by atoms with Crippen LogP contribution in [0.25, 0.3) is 10.8 Å². The molecule has 4 rings (SSSR count). The number of nitrogens with zero attached hydrogens (tertiary/aromatic N) is 2. The normalized spacial score (nSPS) is 18.0. The molecule has 0 unspecified atom stereocenters. The molecular weight excluding hydrogens is 379 g/mol. The van der Waals surface area contributed by atoms with Crippen LogP contribution < -0.4 is 0 Å². The van der Waals surface area contributed by atoms with E-state index in [-0.39, 0.29) is 17.7 Å². The molecular formula is C18H16Cl2N2O4. The Morgan fingerprint density at radius 2 is 1.85 bits per heavy atom. The molecule has 2 heterocycles. The van der Waals surface area contributed by atoms with E-state index in [4.69, 9.17) is 32.8 Å². The average Bonchev–Trinajstić information content (AvgIpc) is 2.87. The number of amides is 2. The summed E-state index contributed by atoms with van der Waals surface area (Å²) in [6.07, 6.45) is 0. The maximum atomic E-state index is 12.8. The van der Waals surface area contributed by atoms with E-state index in [2.05, 4.69) is 4.90 Å². The van der Waals surface area contributed by atoms with Crippen molar-refractivity contribution in [2.75, 3.05) is 39.5 Å². The summed E-state index contributed by atoms with van der Waals surface area (Å²) in [5.41, 5.74) is 0.518. The molecule has 0 radical (unpaired) electrons. The van der Waals surface area contributed by atoms with Crippen molar-refractivity contribution >= 4 is 45.8 Å². The number of fused-ring (bicyclic) bond motifs is 3. The second kappa shape index (κ2) is 7.13. The number of morpholine rings is 1. The number of halogens is 2. The zero-order valence-corrected chi connectivity index (χ0v) is 15.3. The first-order chi connectivity index (χ1) is 12.6. The van der Waals surface area contributed by atoms with Gasteiger partial charge in [-0.1, -0.05) is 35.3 Å². The lowest BCUT2D eigenvalue weighted by molar-refractivity contribution is -0.0991. The van der Waals surface area contributed by atoms with E-state index < -0.39 is 11.8 Å². The van der Waals surface area contributed by atoms with E-state index in [0.717, 1.165) is 18.2 Å². The van der Waals surface area contributed by atoms with E-state index >= 15 is 0 Å². The Hall–Kier alpha value is -1.70. The van der Waals surface area contributed by atoms with Gasteiger partial charge in [-0.15, -0.1) is 5.06 Å². The zero-order valence-electron chi connectivity index (χ0n) is 13.8. The number of ether oxygens (including phenoxy) is 1. The van der Waals surface area contributed by atoms with Crippen LogP contribution in [0.1, 0.15) is 20.7 Å². The molecule has 0 aromatic heterocycles. The van der Waals surface area contributed by atoms with E-state index in [1.54, 1.807) is 18.2 Å². The van der Waals surface area contributed by atoms with Crippen LogP contribution in [0.4, 0.5) is 0 Å². The summed E-state index contributed by atoms with van der Waals surface area (Å²) in [6, 6.07) is 6.63. The summed E-state index contributed by atoms with van der Waals surface area (Å²) in [4.78, 5) is 33.1. The van der Waals surface area contributed by atoms with Crippen LogP contribution in [0.3, 0.4) is 0 Å². The highest BCUT2D eigenvalue weighted by atomic mass is 35.5. The van der Waals surface area contributed by atoms with Gasteiger partial charge in [0.15, 0.2) is 0 Å². The van der Waals surface area contributed by atoms with Gasteiger partial charge in [0, 0.05) is 30.0 Å². The van der Waals surface area contributed by atoms with Gasteiger partial charge in [0.1, 0.15) is 0 Å². The van der Waals surface area contributed by atoms with Gasteiger partial charge in [-0.2, -0.15) is 0 Å². The van der Waals surface area contributed by atoms with Crippen molar-refractivity contribution < 1.29 is 19.2 Å². The van der Waals surface area contributed by atoms with Crippen molar-refractivity contribution in [2.45, 2.75) is 0 Å². The highest BCUT2D eigenvalue weighted by molar-refractivity contribution is 6.44. The van der Waals surface area contributed by atoms with Gasteiger partial charge in [0.2, 0.25) is 0 Å². The van der Waals surface area contributed by atoms with Gasteiger partial charge in [-0.25, -0.2) is 0 Å². The molecule has 0 bridgehead atoms. The van der Waals surface area contributed by atoms with Crippen LogP contribution in [0.15, 0.2) is 24.3 Å². The second-order valence-corrected chi connectivity index (χ2v) is 6.95. The number of imide groups is 1. The van der Waals surface area contributed by atoms with Crippen molar-refractivity contribution in [1.29, 1.82) is 0 Å². The monoisotopic (exact) mass is 394 g/mol. The molecule has 6 nitrogen and oxygen atoms in total. The van der Waals surface area contributed by atoms with E-state index in [0.29, 0.717) is 40.6 Å². The highest BCUT2D eigenvalue weighted by Gasteiger charge is 2.39. The van der Waals surface area contributed by atoms with Gasteiger partial charge < -0.3 is 4.74 Å². The van der Waals surface area contributed by atoms with Crippen LogP contribution in [-0.4, -0.2) is 61.2 Å². The summed E-state index contributed by atoms with van der Waals surface area (Å²) in [5.74, 6) is -0.994. The highest BCUT2D eigenvalue weighted by Crippen LogP contribution is 2.38. The fourth-order valence-corrected chi connectivity index (χ4v) is 3.93. The molecule has 2 aromatic rings. The minimum Gasteiger partial charge on any atom is -0.379 e. The summed E-state index contributed by atoms with van der Waals surface area (Å²) in [5, 5.41) is 2.70. The third-order valence-corrected chi connectivity index (χ3v) is 5.22. The molecule has 0 N–H and O–H groups in total. The summed E-state index contributed by atoms with van der Waals surface area (Å²) in [7, 11) is 0. The third kappa shape index (κ3) is 2.98. The Kier molecular flexibility index (Phi) is 4.86. The van der Waals surface area contributed by atoms with Gasteiger partial charge in [0.05, 0.1) is 36.0 Å².